The normalized spacial score (nSPS) is 22.2. The highest BCUT2D eigenvalue weighted by atomic mass is 32.2. The van der Waals surface area contributed by atoms with Gasteiger partial charge in [0.2, 0.25) is 10.0 Å². The number of nitrogens with one attached hydrogen (secondary N) is 1. The van der Waals surface area contributed by atoms with E-state index in [1.807, 2.05) is 0 Å². The molecule has 1 aliphatic carbocycles. The Hall–Kier alpha value is -1.44. The zero-order valence-electron chi connectivity index (χ0n) is 13.8. The average Bonchev–Trinajstić information content (AvgIpc) is 3.25. The molecule has 3 rings (SSSR count). The number of nitrogens with two attached hydrogens (primary N) is 1. The van der Waals surface area contributed by atoms with Gasteiger partial charge < -0.3 is 10.6 Å². The number of likely N-dealkylation sites (tertiary alicyclic amines) is 1. The molecule has 1 unspecified atom stereocenters. The van der Waals surface area contributed by atoms with E-state index < -0.39 is 10.0 Å². The summed E-state index contributed by atoms with van der Waals surface area (Å²) >= 11 is 0. The molecular formula is C17H25N3O3S. The third kappa shape index (κ3) is 3.63. The predicted molar refractivity (Wildman–Crippen MR) is 92.1 cm³/mol. The Bertz CT molecular complexity index is 699. The first kappa shape index (κ1) is 17.4. The van der Waals surface area contributed by atoms with Gasteiger partial charge in [0.25, 0.3) is 5.91 Å². The number of amides is 1. The summed E-state index contributed by atoms with van der Waals surface area (Å²) < 4.78 is 27.9. The maximum Gasteiger partial charge on any atom is 0.254 e. The topological polar surface area (TPSA) is 92.5 Å². The van der Waals surface area contributed by atoms with Gasteiger partial charge in [0.15, 0.2) is 0 Å². The molecule has 3 N–H and O–H groups in total. The summed E-state index contributed by atoms with van der Waals surface area (Å²) in [5, 5.41) is 0. The van der Waals surface area contributed by atoms with E-state index in [4.69, 9.17) is 5.73 Å². The number of carbonyl (C=O) groups excluding carboxylic acids is 1. The molecule has 132 valence electrons. The maximum absolute atomic E-state index is 12.7. The van der Waals surface area contributed by atoms with E-state index in [1.165, 1.54) is 6.07 Å². The second-order valence-corrected chi connectivity index (χ2v) is 8.37. The van der Waals surface area contributed by atoms with Gasteiger partial charge >= 0.3 is 0 Å². The van der Waals surface area contributed by atoms with E-state index in [1.54, 1.807) is 23.1 Å². The summed E-state index contributed by atoms with van der Waals surface area (Å²) in [6.45, 7) is 1.12. The lowest BCUT2D eigenvalue weighted by atomic mass is 10.1. The number of hydrogen-bond acceptors (Lipinski definition) is 4. The summed E-state index contributed by atoms with van der Waals surface area (Å²) in [7, 11) is -3.59. The van der Waals surface area contributed by atoms with Crippen molar-refractivity contribution in [1.29, 1.82) is 0 Å². The van der Waals surface area contributed by atoms with Gasteiger partial charge in [0, 0.05) is 30.7 Å². The zero-order chi connectivity index (χ0) is 17.2. The van der Waals surface area contributed by atoms with Crippen molar-refractivity contribution in [3.63, 3.8) is 0 Å². The fourth-order valence-electron chi connectivity index (χ4n) is 3.64. The Kier molecular flexibility index (Phi) is 5.22. The molecule has 1 atom stereocenters. The predicted octanol–water partition coefficient (Wildman–Crippen LogP) is 1.47. The van der Waals surface area contributed by atoms with Crippen molar-refractivity contribution >= 4 is 15.9 Å². The van der Waals surface area contributed by atoms with E-state index in [0.29, 0.717) is 18.7 Å². The van der Waals surface area contributed by atoms with E-state index in [2.05, 4.69) is 4.72 Å². The van der Waals surface area contributed by atoms with Gasteiger partial charge in [0.1, 0.15) is 0 Å². The smallest absolute Gasteiger partial charge is 0.254 e. The van der Waals surface area contributed by atoms with Crippen LogP contribution in [0.3, 0.4) is 0 Å². The molecule has 1 heterocycles. The number of sulfonamides is 1. The molecular weight excluding hydrogens is 326 g/mol. The minimum absolute atomic E-state index is 0.00885. The Morgan fingerprint density at radius 1 is 1.21 bits per heavy atom. The Balaban J connectivity index is 1.79. The highest BCUT2D eigenvalue weighted by molar-refractivity contribution is 7.89. The van der Waals surface area contributed by atoms with Crippen molar-refractivity contribution in [1.82, 2.24) is 9.62 Å². The molecule has 1 amide bonds. The Labute approximate surface area is 143 Å². The number of hydrogen-bond donors (Lipinski definition) is 2. The van der Waals surface area contributed by atoms with Crippen molar-refractivity contribution in [2.75, 3.05) is 13.1 Å². The van der Waals surface area contributed by atoms with E-state index in [9.17, 15) is 13.2 Å². The number of rotatable bonds is 5. The highest BCUT2D eigenvalue weighted by Gasteiger charge is 2.29. The SMILES string of the molecule is NCC1CCCN1C(=O)c1cccc(S(=O)(=O)NC2CCCC2)c1. The molecule has 1 aromatic carbocycles. The molecule has 24 heavy (non-hydrogen) atoms. The summed E-state index contributed by atoms with van der Waals surface area (Å²) in [6, 6.07) is 6.38. The summed E-state index contributed by atoms with van der Waals surface area (Å²) in [4.78, 5) is 14.6. The van der Waals surface area contributed by atoms with Crippen LogP contribution in [-0.2, 0) is 10.0 Å². The van der Waals surface area contributed by atoms with Gasteiger partial charge in [-0.25, -0.2) is 13.1 Å². The van der Waals surface area contributed by atoms with Crippen LogP contribution >= 0.6 is 0 Å². The van der Waals surface area contributed by atoms with Gasteiger partial charge in [0.05, 0.1) is 4.90 Å². The fraction of sp³-hybridized carbons (Fsp3) is 0.588. The maximum atomic E-state index is 12.7. The minimum atomic E-state index is -3.59. The molecule has 6 nitrogen and oxygen atoms in total. The third-order valence-corrected chi connectivity index (χ3v) is 6.50. The lowest BCUT2D eigenvalue weighted by Crippen LogP contribution is -2.40. The van der Waals surface area contributed by atoms with Crippen LogP contribution in [0.25, 0.3) is 0 Å². The van der Waals surface area contributed by atoms with Crippen LogP contribution in [0.4, 0.5) is 0 Å². The summed E-state index contributed by atoms with van der Waals surface area (Å²) in [5.41, 5.74) is 6.14. The standard InChI is InChI=1S/C17H25N3O3S/c18-12-15-8-4-10-20(15)17(21)13-5-3-9-16(11-13)24(22,23)19-14-6-1-2-7-14/h3,5,9,11,14-15,19H,1-2,4,6-8,10,12,18H2. The van der Waals surface area contributed by atoms with Gasteiger partial charge in [-0.05, 0) is 43.9 Å². The lowest BCUT2D eigenvalue weighted by Gasteiger charge is -2.23. The van der Waals surface area contributed by atoms with Crippen LogP contribution in [0, 0.1) is 0 Å². The van der Waals surface area contributed by atoms with Crippen molar-refractivity contribution < 1.29 is 13.2 Å². The van der Waals surface area contributed by atoms with Gasteiger partial charge in [-0.2, -0.15) is 0 Å². The van der Waals surface area contributed by atoms with Crippen molar-refractivity contribution in [3.8, 4) is 0 Å². The second kappa shape index (κ2) is 7.21. The first-order valence-corrected chi connectivity index (χ1v) is 10.1. The van der Waals surface area contributed by atoms with Crippen LogP contribution < -0.4 is 10.5 Å². The molecule has 1 aromatic rings. The minimum Gasteiger partial charge on any atom is -0.334 e. The Morgan fingerprint density at radius 2 is 1.96 bits per heavy atom. The quantitative estimate of drug-likeness (QED) is 0.840. The average molecular weight is 351 g/mol. The van der Waals surface area contributed by atoms with Crippen LogP contribution in [-0.4, -0.2) is 44.4 Å². The molecule has 0 spiro atoms. The molecule has 2 fully saturated rings. The molecule has 0 radical (unpaired) electrons. The molecule has 7 heteroatoms. The van der Waals surface area contributed by atoms with Gasteiger partial charge in [-0.15, -0.1) is 0 Å². The molecule has 1 saturated heterocycles. The monoisotopic (exact) mass is 351 g/mol. The van der Waals surface area contributed by atoms with Crippen LogP contribution in [0.5, 0.6) is 0 Å². The second-order valence-electron chi connectivity index (χ2n) is 6.66. The molecule has 1 saturated carbocycles. The van der Waals surface area contributed by atoms with E-state index >= 15 is 0 Å². The Morgan fingerprint density at radius 3 is 2.67 bits per heavy atom. The summed E-state index contributed by atoms with van der Waals surface area (Å²) in [6.07, 6.45) is 5.72. The number of nitrogens with zero attached hydrogens (tertiary/aromatic N) is 1. The molecule has 1 aliphatic heterocycles. The van der Waals surface area contributed by atoms with Crippen LogP contribution in [0.15, 0.2) is 29.2 Å². The highest BCUT2D eigenvalue weighted by Crippen LogP contribution is 2.23. The fourth-order valence-corrected chi connectivity index (χ4v) is 4.99. The molecule has 0 bridgehead atoms. The largest absolute Gasteiger partial charge is 0.334 e. The zero-order valence-corrected chi connectivity index (χ0v) is 14.6. The molecule has 0 aromatic heterocycles. The summed E-state index contributed by atoms with van der Waals surface area (Å²) in [5.74, 6) is -0.138. The van der Waals surface area contributed by atoms with Crippen molar-refractivity contribution in [2.24, 2.45) is 5.73 Å². The first-order valence-electron chi connectivity index (χ1n) is 8.65. The van der Waals surface area contributed by atoms with Crippen molar-refractivity contribution in [2.45, 2.75) is 55.5 Å². The van der Waals surface area contributed by atoms with E-state index in [0.717, 1.165) is 38.5 Å². The van der Waals surface area contributed by atoms with Gasteiger partial charge in [-0.3, -0.25) is 4.79 Å². The van der Waals surface area contributed by atoms with Gasteiger partial charge in [-0.1, -0.05) is 18.9 Å². The van der Waals surface area contributed by atoms with Crippen LogP contribution in [0.1, 0.15) is 48.9 Å². The number of carbonyl (C=O) groups is 1. The lowest BCUT2D eigenvalue weighted by molar-refractivity contribution is 0.0741. The van der Waals surface area contributed by atoms with E-state index in [-0.39, 0.29) is 22.9 Å². The third-order valence-electron chi connectivity index (χ3n) is 4.98. The first-order chi connectivity index (χ1) is 11.5. The van der Waals surface area contributed by atoms with Crippen molar-refractivity contribution in [3.05, 3.63) is 29.8 Å². The number of benzene rings is 1. The molecule has 2 aliphatic rings. The van der Waals surface area contributed by atoms with Crippen LogP contribution in [0.2, 0.25) is 0 Å².